The summed E-state index contributed by atoms with van der Waals surface area (Å²) in [4.78, 5) is 6.38. The Balaban J connectivity index is 1.69. The fourth-order valence-electron chi connectivity index (χ4n) is 2.26. The first-order chi connectivity index (χ1) is 8.24. The van der Waals surface area contributed by atoms with E-state index < -0.39 is 0 Å². The molecule has 1 aromatic rings. The van der Waals surface area contributed by atoms with Crippen molar-refractivity contribution in [2.75, 3.05) is 20.1 Å². The molecule has 0 saturated carbocycles. The molecule has 1 fully saturated rings. The van der Waals surface area contributed by atoms with Crippen molar-refractivity contribution < 1.29 is 0 Å². The van der Waals surface area contributed by atoms with Crippen LogP contribution < -0.4 is 10.6 Å². The van der Waals surface area contributed by atoms with E-state index in [0.29, 0.717) is 12.2 Å². The molecule has 2 atom stereocenters. The summed E-state index contributed by atoms with van der Waals surface area (Å²) >= 11 is 0. The van der Waals surface area contributed by atoms with E-state index in [4.69, 9.17) is 0 Å². The van der Waals surface area contributed by atoms with Crippen LogP contribution in [-0.4, -0.2) is 42.2 Å². The SMILES string of the molecule is CC(NCc1ccncc1)N[C@@H]1CCN(C)C1. The van der Waals surface area contributed by atoms with Gasteiger partial charge >= 0.3 is 0 Å². The maximum absolute atomic E-state index is 4.02. The summed E-state index contributed by atoms with van der Waals surface area (Å²) < 4.78 is 0. The molecule has 2 heterocycles. The predicted octanol–water partition coefficient (Wildman–Crippen LogP) is 0.811. The molecule has 1 aliphatic heterocycles. The molecule has 0 spiro atoms. The number of nitrogens with zero attached hydrogens (tertiary/aromatic N) is 2. The van der Waals surface area contributed by atoms with Crippen LogP contribution in [0.2, 0.25) is 0 Å². The van der Waals surface area contributed by atoms with Gasteiger partial charge in [-0.3, -0.25) is 15.6 Å². The molecule has 0 aliphatic carbocycles. The lowest BCUT2D eigenvalue weighted by molar-refractivity contribution is 0.363. The van der Waals surface area contributed by atoms with Crippen molar-refractivity contribution in [3.05, 3.63) is 30.1 Å². The lowest BCUT2D eigenvalue weighted by Crippen LogP contribution is -2.45. The van der Waals surface area contributed by atoms with Gasteiger partial charge in [-0.05, 0) is 44.6 Å². The minimum atomic E-state index is 0.347. The molecular formula is C13H22N4. The molecule has 2 N–H and O–H groups in total. The van der Waals surface area contributed by atoms with Gasteiger partial charge in [-0.2, -0.15) is 0 Å². The third kappa shape index (κ3) is 4.07. The zero-order valence-corrected chi connectivity index (χ0v) is 10.7. The largest absolute Gasteiger partial charge is 0.305 e. The minimum Gasteiger partial charge on any atom is -0.305 e. The standard InChI is InChI=1S/C13H22N4/c1-11(16-13-5-8-17(2)10-13)15-9-12-3-6-14-7-4-12/h3-4,6-7,11,13,15-16H,5,8-10H2,1-2H3/t11?,13-/m1/s1. The second kappa shape index (κ2) is 6.10. The molecule has 1 aliphatic rings. The van der Waals surface area contributed by atoms with Gasteiger partial charge in [0.05, 0.1) is 6.17 Å². The monoisotopic (exact) mass is 234 g/mol. The maximum Gasteiger partial charge on any atom is 0.0547 e. The van der Waals surface area contributed by atoms with E-state index in [1.807, 2.05) is 24.5 Å². The van der Waals surface area contributed by atoms with Crippen molar-refractivity contribution in [2.24, 2.45) is 0 Å². The van der Waals surface area contributed by atoms with Gasteiger partial charge in [0.25, 0.3) is 0 Å². The Morgan fingerprint density at radius 1 is 1.47 bits per heavy atom. The molecule has 0 bridgehead atoms. The van der Waals surface area contributed by atoms with E-state index in [1.54, 1.807) is 0 Å². The van der Waals surface area contributed by atoms with E-state index in [-0.39, 0.29) is 0 Å². The molecule has 1 aromatic heterocycles. The van der Waals surface area contributed by atoms with Crippen LogP contribution in [-0.2, 0) is 6.54 Å². The Labute approximate surface area is 103 Å². The maximum atomic E-state index is 4.02. The molecule has 1 unspecified atom stereocenters. The van der Waals surface area contributed by atoms with Crippen molar-refractivity contribution in [2.45, 2.75) is 32.1 Å². The highest BCUT2D eigenvalue weighted by Gasteiger charge is 2.20. The molecule has 2 rings (SSSR count). The topological polar surface area (TPSA) is 40.2 Å². The first kappa shape index (κ1) is 12.5. The summed E-state index contributed by atoms with van der Waals surface area (Å²) in [6.07, 6.45) is 5.26. The number of likely N-dealkylation sites (tertiary alicyclic amines) is 1. The van der Waals surface area contributed by atoms with Crippen LogP contribution in [0.25, 0.3) is 0 Å². The van der Waals surface area contributed by atoms with Gasteiger partial charge in [-0.15, -0.1) is 0 Å². The van der Waals surface area contributed by atoms with Gasteiger partial charge in [0.2, 0.25) is 0 Å². The summed E-state index contributed by atoms with van der Waals surface area (Å²) in [5.41, 5.74) is 1.28. The zero-order valence-electron chi connectivity index (χ0n) is 10.7. The van der Waals surface area contributed by atoms with Gasteiger partial charge in [-0.25, -0.2) is 0 Å². The Kier molecular flexibility index (Phi) is 4.48. The number of nitrogens with one attached hydrogen (secondary N) is 2. The summed E-state index contributed by atoms with van der Waals surface area (Å²) in [5, 5.41) is 7.09. The molecule has 0 aromatic carbocycles. The molecule has 17 heavy (non-hydrogen) atoms. The van der Waals surface area contributed by atoms with Gasteiger partial charge in [0.1, 0.15) is 0 Å². The summed E-state index contributed by atoms with van der Waals surface area (Å²) in [6.45, 7) is 5.43. The van der Waals surface area contributed by atoms with Gasteiger partial charge in [0, 0.05) is 31.5 Å². The molecule has 0 amide bonds. The van der Waals surface area contributed by atoms with Crippen LogP contribution in [0.3, 0.4) is 0 Å². The summed E-state index contributed by atoms with van der Waals surface area (Å²) in [5.74, 6) is 0. The lowest BCUT2D eigenvalue weighted by atomic mass is 10.2. The number of hydrogen-bond acceptors (Lipinski definition) is 4. The van der Waals surface area contributed by atoms with Crippen molar-refractivity contribution in [1.29, 1.82) is 0 Å². The van der Waals surface area contributed by atoms with Crippen LogP contribution >= 0.6 is 0 Å². The van der Waals surface area contributed by atoms with E-state index in [1.165, 1.54) is 18.5 Å². The first-order valence-corrected chi connectivity index (χ1v) is 6.31. The Bertz CT molecular complexity index is 327. The van der Waals surface area contributed by atoms with Crippen molar-refractivity contribution >= 4 is 0 Å². The molecule has 0 radical (unpaired) electrons. The van der Waals surface area contributed by atoms with E-state index in [2.05, 4.69) is 34.5 Å². The number of likely N-dealkylation sites (N-methyl/N-ethyl adjacent to an activating group) is 1. The third-order valence-corrected chi connectivity index (χ3v) is 3.24. The smallest absolute Gasteiger partial charge is 0.0547 e. The number of hydrogen-bond donors (Lipinski definition) is 2. The van der Waals surface area contributed by atoms with Gasteiger partial charge in [-0.1, -0.05) is 0 Å². The van der Waals surface area contributed by atoms with Crippen LogP contribution in [0.15, 0.2) is 24.5 Å². The average molecular weight is 234 g/mol. The van der Waals surface area contributed by atoms with E-state index in [0.717, 1.165) is 13.1 Å². The molecule has 4 nitrogen and oxygen atoms in total. The zero-order chi connectivity index (χ0) is 12.1. The van der Waals surface area contributed by atoms with Gasteiger partial charge in [0.15, 0.2) is 0 Å². The second-order valence-electron chi connectivity index (χ2n) is 4.87. The molecular weight excluding hydrogens is 212 g/mol. The van der Waals surface area contributed by atoms with Crippen LogP contribution in [0, 0.1) is 0 Å². The van der Waals surface area contributed by atoms with Crippen molar-refractivity contribution in [1.82, 2.24) is 20.5 Å². The van der Waals surface area contributed by atoms with E-state index in [9.17, 15) is 0 Å². The summed E-state index contributed by atoms with van der Waals surface area (Å²) in [6, 6.07) is 4.71. The number of pyridine rings is 1. The Hall–Kier alpha value is -0.970. The summed E-state index contributed by atoms with van der Waals surface area (Å²) in [7, 11) is 2.18. The number of aromatic nitrogens is 1. The minimum absolute atomic E-state index is 0.347. The lowest BCUT2D eigenvalue weighted by Gasteiger charge is -2.20. The Morgan fingerprint density at radius 2 is 2.24 bits per heavy atom. The second-order valence-corrected chi connectivity index (χ2v) is 4.87. The highest BCUT2D eigenvalue weighted by atomic mass is 15.2. The highest BCUT2D eigenvalue weighted by molar-refractivity contribution is 5.09. The fraction of sp³-hybridized carbons (Fsp3) is 0.615. The molecule has 4 heteroatoms. The number of rotatable bonds is 5. The fourth-order valence-corrected chi connectivity index (χ4v) is 2.26. The van der Waals surface area contributed by atoms with Crippen molar-refractivity contribution in [3.63, 3.8) is 0 Å². The van der Waals surface area contributed by atoms with Crippen LogP contribution in [0.4, 0.5) is 0 Å². The first-order valence-electron chi connectivity index (χ1n) is 6.31. The van der Waals surface area contributed by atoms with Crippen LogP contribution in [0.5, 0.6) is 0 Å². The highest BCUT2D eigenvalue weighted by Crippen LogP contribution is 2.06. The predicted molar refractivity (Wildman–Crippen MR) is 69.6 cm³/mol. The normalized spacial score (nSPS) is 22.8. The molecule has 1 saturated heterocycles. The average Bonchev–Trinajstić information content (AvgIpc) is 2.73. The van der Waals surface area contributed by atoms with Crippen molar-refractivity contribution in [3.8, 4) is 0 Å². The van der Waals surface area contributed by atoms with E-state index >= 15 is 0 Å². The van der Waals surface area contributed by atoms with Crippen LogP contribution in [0.1, 0.15) is 18.9 Å². The quantitative estimate of drug-likeness (QED) is 0.740. The Morgan fingerprint density at radius 3 is 2.88 bits per heavy atom. The third-order valence-electron chi connectivity index (χ3n) is 3.24. The van der Waals surface area contributed by atoms with Gasteiger partial charge < -0.3 is 4.90 Å². The molecule has 94 valence electrons.